The van der Waals surface area contributed by atoms with Crippen LogP contribution in [0, 0.1) is 23.1 Å². The minimum atomic E-state index is -1.03. The van der Waals surface area contributed by atoms with Crippen molar-refractivity contribution >= 4 is 22.9 Å². The number of amides is 1. The molecule has 0 saturated heterocycles. The zero-order valence-electron chi connectivity index (χ0n) is 11.9. The number of anilines is 1. The summed E-state index contributed by atoms with van der Waals surface area (Å²) >= 11 is 0. The molecule has 3 aromatic rings. The number of carbonyl (C=O) groups excluding carboxylic acids is 1. The number of hydrogen-bond donors (Lipinski definition) is 1. The second-order valence-corrected chi connectivity index (χ2v) is 5.36. The maximum atomic E-state index is 14.3. The van der Waals surface area contributed by atoms with Crippen molar-refractivity contribution in [2.45, 2.75) is 6.04 Å². The molecule has 0 fully saturated rings. The van der Waals surface area contributed by atoms with Crippen LogP contribution >= 0.6 is 0 Å². The first-order valence-electron chi connectivity index (χ1n) is 7.12. The summed E-state index contributed by atoms with van der Waals surface area (Å²) < 4.78 is 16.1. The molecular weight excluding hydrogens is 295 g/mol. The van der Waals surface area contributed by atoms with E-state index in [1.165, 1.54) is 6.07 Å². The first-order valence-corrected chi connectivity index (χ1v) is 7.12. The Morgan fingerprint density at radius 1 is 1.17 bits per heavy atom. The molecule has 1 aromatic heterocycles. The summed E-state index contributed by atoms with van der Waals surface area (Å²) in [5, 5.41) is 12.1. The SMILES string of the molecule is N#CC1C(=O)Nc2nc3ccccc3n2C1c1ccccc1F. The van der Waals surface area contributed by atoms with Gasteiger partial charge in [-0.25, -0.2) is 9.37 Å². The van der Waals surface area contributed by atoms with Crippen molar-refractivity contribution in [3.05, 3.63) is 59.9 Å². The lowest BCUT2D eigenvalue weighted by Gasteiger charge is -2.30. The highest BCUT2D eigenvalue weighted by Crippen LogP contribution is 2.38. The predicted molar refractivity (Wildman–Crippen MR) is 82.0 cm³/mol. The Balaban J connectivity index is 2.05. The van der Waals surface area contributed by atoms with Gasteiger partial charge in [0.1, 0.15) is 5.82 Å². The minimum absolute atomic E-state index is 0.304. The van der Waals surface area contributed by atoms with E-state index in [0.29, 0.717) is 17.0 Å². The number of halogens is 1. The van der Waals surface area contributed by atoms with Gasteiger partial charge in [0.15, 0.2) is 5.92 Å². The lowest BCUT2D eigenvalue weighted by molar-refractivity contribution is -0.119. The summed E-state index contributed by atoms with van der Waals surface area (Å²) in [6, 6.07) is 14.8. The molecule has 5 nitrogen and oxygen atoms in total. The minimum Gasteiger partial charge on any atom is -0.300 e. The van der Waals surface area contributed by atoms with E-state index in [1.807, 2.05) is 30.3 Å². The number of nitrogens with one attached hydrogen (secondary N) is 1. The summed E-state index contributed by atoms with van der Waals surface area (Å²) in [6.07, 6.45) is 0. The van der Waals surface area contributed by atoms with Crippen LogP contribution in [0.2, 0.25) is 0 Å². The number of fused-ring (bicyclic) bond motifs is 3. The van der Waals surface area contributed by atoms with E-state index < -0.39 is 23.7 Å². The van der Waals surface area contributed by atoms with Crippen LogP contribution in [0.4, 0.5) is 10.3 Å². The van der Waals surface area contributed by atoms with Crippen molar-refractivity contribution in [1.82, 2.24) is 9.55 Å². The second kappa shape index (κ2) is 4.92. The topological polar surface area (TPSA) is 70.7 Å². The van der Waals surface area contributed by atoms with Crippen LogP contribution in [0.1, 0.15) is 11.6 Å². The Hall–Kier alpha value is -3.20. The summed E-state index contributed by atoms with van der Waals surface area (Å²) in [4.78, 5) is 16.6. The van der Waals surface area contributed by atoms with Crippen LogP contribution < -0.4 is 5.32 Å². The molecule has 2 aromatic carbocycles. The number of carbonyl (C=O) groups is 1. The number of imidazole rings is 1. The molecule has 1 aliphatic rings. The summed E-state index contributed by atoms with van der Waals surface area (Å²) in [6.45, 7) is 0. The molecule has 2 atom stereocenters. The van der Waals surface area contributed by atoms with E-state index in [9.17, 15) is 14.4 Å². The fraction of sp³-hybridized carbons (Fsp3) is 0.118. The number of aromatic nitrogens is 2. The number of rotatable bonds is 1. The van der Waals surface area contributed by atoms with Crippen LogP contribution in [0.3, 0.4) is 0 Å². The molecule has 1 N–H and O–H groups in total. The van der Waals surface area contributed by atoms with Crippen molar-refractivity contribution < 1.29 is 9.18 Å². The van der Waals surface area contributed by atoms with E-state index in [0.717, 1.165) is 5.52 Å². The smallest absolute Gasteiger partial charge is 0.246 e. The molecule has 0 radical (unpaired) electrons. The van der Waals surface area contributed by atoms with Gasteiger partial charge in [0.2, 0.25) is 11.9 Å². The second-order valence-electron chi connectivity index (χ2n) is 5.36. The lowest BCUT2D eigenvalue weighted by Crippen LogP contribution is -2.37. The van der Waals surface area contributed by atoms with Gasteiger partial charge in [0, 0.05) is 5.56 Å². The predicted octanol–water partition coefficient (Wildman–Crippen LogP) is 2.86. The summed E-state index contributed by atoms with van der Waals surface area (Å²) in [5.41, 5.74) is 1.73. The average Bonchev–Trinajstić information content (AvgIpc) is 2.92. The van der Waals surface area contributed by atoms with Crippen molar-refractivity contribution in [3.63, 3.8) is 0 Å². The Morgan fingerprint density at radius 3 is 2.70 bits per heavy atom. The molecule has 6 heteroatoms. The zero-order chi connectivity index (χ0) is 16.0. The third kappa shape index (κ3) is 1.90. The van der Waals surface area contributed by atoms with Gasteiger partial charge in [-0.05, 0) is 18.2 Å². The molecule has 4 rings (SSSR count). The van der Waals surface area contributed by atoms with Gasteiger partial charge in [-0.15, -0.1) is 0 Å². The third-order valence-corrected chi connectivity index (χ3v) is 4.07. The summed E-state index contributed by atoms with van der Waals surface area (Å²) in [7, 11) is 0. The van der Waals surface area contributed by atoms with Crippen LogP contribution in [-0.2, 0) is 4.79 Å². The molecule has 0 spiro atoms. The van der Waals surface area contributed by atoms with Gasteiger partial charge < -0.3 is 4.57 Å². The number of hydrogen-bond acceptors (Lipinski definition) is 3. The molecule has 1 aliphatic heterocycles. The van der Waals surface area contributed by atoms with E-state index in [-0.39, 0.29) is 0 Å². The van der Waals surface area contributed by atoms with Crippen molar-refractivity contribution in [1.29, 1.82) is 5.26 Å². The Morgan fingerprint density at radius 2 is 1.91 bits per heavy atom. The fourth-order valence-corrected chi connectivity index (χ4v) is 3.06. The van der Waals surface area contributed by atoms with Gasteiger partial charge in [-0.1, -0.05) is 30.3 Å². The molecule has 23 heavy (non-hydrogen) atoms. The van der Waals surface area contributed by atoms with Crippen LogP contribution in [0.5, 0.6) is 0 Å². The first-order chi connectivity index (χ1) is 11.2. The normalized spacial score (nSPS) is 19.9. The van der Waals surface area contributed by atoms with Crippen molar-refractivity contribution in [2.24, 2.45) is 5.92 Å². The standard InChI is InChI=1S/C17H11FN4O/c18-12-6-2-1-5-10(12)15-11(9-19)16(23)21-17-20-13-7-3-4-8-14(13)22(15)17/h1-8,11,15H,(H,20,21,23). The molecule has 2 heterocycles. The molecule has 0 aliphatic carbocycles. The molecule has 112 valence electrons. The maximum Gasteiger partial charge on any atom is 0.246 e. The van der Waals surface area contributed by atoms with Gasteiger partial charge in [0.05, 0.1) is 23.1 Å². The average molecular weight is 306 g/mol. The Labute approximate surface area is 131 Å². The highest BCUT2D eigenvalue weighted by molar-refractivity contribution is 5.97. The summed E-state index contributed by atoms with van der Waals surface area (Å²) in [5.74, 6) is -1.62. The number of nitrogens with zero attached hydrogens (tertiary/aromatic N) is 3. The van der Waals surface area contributed by atoms with Gasteiger partial charge in [0.25, 0.3) is 0 Å². The number of para-hydroxylation sites is 2. The molecule has 0 bridgehead atoms. The largest absolute Gasteiger partial charge is 0.300 e. The molecule has 2 unspecified atom stereocenters. The Bertz CT molecular complexity index is 972. The monoisotopic (exact) mass is 306 g/mol. The molecule has 1 amide bonds. The maximum absolute atomic E-state index is 14.3. The third-order valence-electron chi connectivity index (χ3n) is 4.07. The fourth-order valence-electron chi connectivity index (χ4n) is 3.06. The van der Waals surface area contributed by atoms with E-state index in [4.69, 9.17) is 0 Å². The van der Waals surface area contributed by atoms with E-state index in [2.05, 4.69) is 10.3 Å². The van der Waals surface area contributed by atoms with Crippen molar-refractivity contribution in [3.8, 4) is 6.07 Å². The molecule has 0 saturated carbocycles. The first kappa shape index (κ1) is 13.5. The highest BCUT2D eigenvalue weighted by Gasteiger charge is 2.39. The van der Waals surface area contributed by atoms with Crippen LogP contribution in [-0.4, -0.2) is 15.5 Å². The zero-order valence-corrected chi connectivity index (χ0v) is 11.9. The van der Waals surface area contributed by atoms with Crippen LogP contribution in [0.15, 0.2) is 48.5 Å². The highest BCUT2D eigenvalue weighted by atomic mass is 19.1. The van der Waals surface area contributed by atoms with E-state index >= 15 is 0 Å². The van der Waals surface area contributed by atoms with Gasteiger partial charge >= 0.3 is 0 Å². The molecular formula is C17H11FN4O. The lowest BCUT2D eigenvalue weighted by atomic mass is 9.91. The van der Waals surface area contributed by atoms with Gasteiger partial charge in [-0.3, -0.25) is 10.1 Å². The van der Waals surface area contributed by atoms with Crippen molar-refractivity contribution in [2.75, 3.05) is 5.32 Å². The quantitative estimate of drug-likeness (QED) is 0.751. The Kier molecular flexibility index (Phi) is 2.88. The number of nitriles is 1. The van der Waals surface area contributed by atoms with E-state index in [1.54, 1.807) is 22.8 Å². The van der Waals surface area contributed by atoms with Gasteiger partial charge in [-0.2, -0.15) is 5.26 Å². The van der Waals surface area contributed by atoms with Crippen LogP contribution in [0.25, 0.3) is 11.0 Å². The number of benzene rings is 2.